The Balaban J connectivity index is 3.26. The SMILES string of the molecule is CCc1c(C)c(C(N)=O)nn1CC. The van der Waals surface area contributed by atoms with E-state index in [4.69, 9.17) is 5.73 Å². The summed E-state index contributed by atoms with van der Waals surface area (Å²) in [5, 5.41) is 4.14. The van der Waals surface area contributed by atoms with E-state index in [-0.39, 0.29) is 0 Å². The van der Waals surface area contributed by atoms with Crippen molar-refractivity contribution in [3.63, 3.8) is 0 Å². The lowest BCUT2D eigenvalue weighted by molar-refractivity contribution is 0.0994. The molecule has 1 rings (SSSR count). The first-order chi connectivity index (χ1) is 6.11. The summed E-state index contributed by atoms with van der Waals surface area (Å²) in [7, 11) is 0. The molecule has 0 aliphatic rings. The van der Waals surface area contributed by atoms with E-state index < -0.39 is 5.91 Å². The van der Waals surface area contributed by atoms with Crippen molar-refractivity contribution in [1.29, 1.82) is 0 Å². The predicted octanol–water partition coefficient (Wildman–Crippen LogP) is 0.873. The molecule has 1 aromatic heterocycles. The summed E-state index contributed by atoms with van der Waals surface area (Å²) in [4.78, 5) is 11.0. The zero-order chi connectivity index (χ0) is 10.0. The predicted molar refractivity (Wildman–Crippen MR) is 50.5 cm³/mol. The molecule has 0 aliphatic carbocycles. The van der Waals surface area contributed by atoms with Crippen LogP contribution >= 0.6 is 0 Å². The van der Waals surface area contributed by atoms with Gasteiger partial charge in [0.1, 0.15) is 0 Å². The highest BCUT2D eigenvalue weighted by molar-refractivity contribution is 5.92. The molecule has 0 aromatic carbocycles. The van der Waals surface area contributed by atoms with Gasteiger partial charge in [0.15, 0.2) is 5.69 Å². The van der Waals surface area contributed by atoms with Crippen LogP contribution in [0.4, 0.5) is 0 Å². The molecule has 0 spiro atoms. The Hall–Kier alpha value is -1.32. The molecule has 1 heterocycles. The molecular formula is C9H15N3O. The molecule has 4 heteroatoms. The molecule has 1 aromatic rings. The number of carbonyl (C=O) groups excluding carboxylic acids is 1. The maximum Gasteiger partial charge on any atom is 0.269 e. The standard InChI is InChI=1S/C9H15N3O/c1-4-7-6(3)8(9(10)13)11-12(7)5-2/h4-5H2,1-3H3,(H2,10,13). The summed E-state index contributed by atoms with van der Waals surface area (Å²) in [6.45, 7) is 6.70. The molecule has 2 N–H and O–H groups in total. The molecular weight excluding hydrogens is 166 g/mol. The summed E-state index contributed by atoms with van der Waals surface area (Å²) in [6.07, 6.45) is 0.875. The molecule has 0 atom stereocenters. The van der Waals surface area contributed by atoms with Crippen LogP contribution in [-0.2, 0) is 13.0 Å². The lowest BCUT2D eigenvalue weighted by atomic mass is 10.1. The zero-order valence-corrected chi connectivity index (χ0v) is 8.29. The Morgan fingerprint density at radius 2 is 2.15 bits per heavy atom. The molecule has 0 radical (unpaired) electrons. The Kier molecular flexibility index (Phi) is 2.70. The fourth-order valence-electron chi connectivity index (χ4n) is 1.53. The number of rotatable bonds is 3. The van der Waals surface area contributed by atoms with Crippen LogP contribution in [0, 0.1) is 6.92 Å². The first-order valence-corrected chi connectivity index (χ1v) is 4.47. The monoisotopic (exact) mass is 181 g/mol. The van der Waals surface area contributed by atoms with Crippen molar-refractivity contribution in [1.82, 2.24) is 9.78 Å². The maximum atomic E-state index is 11.0. The number of hydrogen-bond acceptors (Lipinski definition) is 2. The topological polar surface area (TPSA) is 60.9 Å². The van der Waals surface area contributed by atoms with Crippen molar-refractivity contribution in [2.45, 2.75) is 33.7 Å². The Morgan fingerprint density at radius 1 is 1.54 bits per heavy atom. The fraction of sp³-hybridized carbons (Fsp3) is 0.556. The number of carbonyl (C=O) groups is 1. The van der Waals surface area contributed by atoms with E-state index in [1.54, 1.807) is 0 Å². The lowest BCUT2D eigenvalue weighted by Gasteiger charge is -2.00. The molecule has 4 nitrogen and oxygen atoms in total. The minimum atomic E-state index is -0.445. The molecule has 0 fully saturated rings. The molecule has 0 aliphatic heterocycles. The summed E-state index contributed by atoms with van der Waals surface area (Å²) in [5.41, 5.74) is 7.60. The highest BCUT2D eigenvalue weighted by Gasteiger charge is 2.15. The summed E-state index contributed by atoms with van der Waals surface area (Å²) in [6, 6.07) is 0. The van der Waals surface area contributed by atoms with Crippen molar-refractivity contribution < 1.29 is 4.79 Å². The van der Waals surface area contributed by atoms with Gasteiger partial charge in [-0.05, 0) is 20.3 Å². The molecule has 0 saturated carbocycles. The quantitative estimate of drug-likeness (QED) is 0.752. The third-order valence-electron chi connectivity index (χ3n) is 2.19. The Labute approximate surface area is 77.7 Å². The number of primary amides is 1. The first-order valence-electron chi connectivity index (χ1n) is 4.47. The smallest absolute Gasteiger partial charge is 0.269 e. The average Bonchev–Trinajstić information content (AvgIpc) is 2.41. The second-order valence-corrected chi connectivity index (χ2v) is 2.95. The lowest BCUT2D eigenvalue weighted by Crippen LogP contribution is -2.13. The van der Waals surface area contributed by atoms with Crippen LogP contribution in [0.1, 0.15) is 35.6 Å². The van der Waals surface area contributed by atoms with E-state index in [0.717, 1.165) is 24.2 Å². The summed E-state index contributed by atoms with van der Waals surface area (Å²) in [5.74, 6) is -0.445. The van der Waals surface area contributed by atoms with Gasteiger partial charge >= 0.3 is 0 Å². The number of amides is 1. The van der Waals surface area contributed by atoms with Gasteiger partial charge in [-0.25, -0.2) is 0 Å². The van der Waals surface area contributed by atoms with Crippen molar-refractivity contribution in [3.05, 3.63) is 17.0 Å². The Bertz CT molecular complexity index is 328. The zero-order valence-electron chi connectivity index (χ0n) is 8.29. The van der Waals surface area contributed by atoms with Crippen LogP contribution in [0.5, 0.6) is 0 Å². The van der Waals surface area contributed by atoms with E-state index in [9.17, 15) is 4.79 Å². The molecule has 0 unspecified atom stereocenters. The highest BCUT2D eigenvalue weighted by Crippen LogP contribution is 2.13. The van der Waals surface area contributed by atoms with E-state index in [1.165, 1.54) is 0 Å². The molecule has 0 saturated heterocycles. The van der Waals surface area contributed by atoms with Gasteiger partial charge in [0.05, 0.1) is 0 Å². The third kappa shape index (κ3) is 1.56. The third-order valence-corrected chi connectivity index (χ3v) is 2.19. The van der Waals surface area contributed by atoms with Crippen molar-refractivity contribution in [2.75, 3.05) is 0 Å². The van der Waals surface area contributed by atoms with E-state index in [1.807, 2.05) is 25.5 Å². The van der Waals surface area contributed by atoms with Gasteiger partial charge in [0, 0.05) is 17.8 Å². The van der Waals surface area contributed by atoms with Gasteiger partial charge in [-0.3, -0.25) is 9.48 Å². The van der Waals surface area contributed by atoms with E-state index >= 15 is 0 Å². The largest absolute Gasteiger partial charge is 0.364 e. The number of aromatic nitrogens is 2. The number of nitrogens with two attached hydrogens (primary N) is 1. The molecule has 13 heavy (non-hydrogen) atoms. The van der Waals surface area contributed by atoms with Gasteiger partial charge in [0.2, 0.25) is 0 Å². The van der Waals surface area contributed by atoms with Crippen molar-refractivity contribution >= 4 is 5.91 Å². The summed E-state index contributed by atoms with van der Waals surface area (Å²) >= 11 is 0. The van der Waals surface area contributed by atoms with Gasteiger partial charge < -0.3 is 5.73 Å². The average molecular weight is 181 g/mol. The van der Waals surface area contributed by atoms with Crippen LogP contribution in [-0.4, -0.2) is 15.7 Å². The maximum absolute atomic E-state index is 11.0. The van der Waals surface area contributed by atoms with E-state index in [2.05, 4.69) is 5.10 Å². The highest BCUT2D eigenvalue weighted by atomic mass is 16.1. The Morgan fingerprint density at radius 3 is 2.46 bits per heavy atom. The van der Waals surface area contributed by atoms with Gasteiger partial charge in [-0.15, -0.1) is 0 Å². The van der Waals surface area contributed by atoms with Crippen LogP contribution in [0.25, 0.3) is 0 Å². The molecule has 72 valence electrons. The van der Waals surface area contributed by atoms with Crippen LogP contribution < -0.4 is 5.73 Å². The summed E-state index contributed by atoms with van der Waals surface area (Å²) < 4.78 is 1.83. The number of nitrogens with zero attached hydrogens (tertiary/aromatic N) is 2. The van der Waals surface area contributed by atoms with Gasteiger partial charge in [-0.1, -0.05) is 6.92 Å². The molecule has 0 bridgehead atoms. The fourth-order valence-corrected chi connectivity index (χ4v) is 1.53. The first kappa shape index (κ1) is 9.77. The van der Waals surface area contributed by atoms with Crippen molar-refractivity contribution in [3.8, 4) is 0 Å². The minimum absolute atomic E-state index is 0.402. The van der Waals surface area contributed by atoms with Crippen molar-refractivity contribution in [2.24, 2.45) is 5.73 Å². The van der Waals surface area contributed by atoms with Gasteiger partial charge in [0.25, 0.3) is 5.91 Å². The van der Waals surface area contributed by atoms with Crippen LogP contribution in [0.3, 0.4) is 0 Å². The van der Waals surface area contributed by atoms with Gasteiger partial charge in [-0.2, -0.15) is 5.10 Å². The van der Waals surface area contributed by atoms with Crippen LogP contribution in [0.15, 0.2) is 0 Å². The van der Waals surface area contributed by atoms with Crippen LogP contribution in [0.2, 0.25) is 0 Å². The molecule has 1 amide bonds. The minimum Gasteiger partial charge on any atom is -0.364 e. The van der Waals surface area contributed by atoms with E-state index in [0.29, 0.717) is 5.69 Å². The number of hydrogen-bond donors (Lipinski definition) is 1. The normalized spacial score (nSPS) is 10.4. The number of aryl methyl sites for hydroxylation is 1. The second kappa shape index (κ2) is 3.60. The second-order valence-electron chi connectivity index (χ2n) is 2.95.